The van der Waals surface area contributed by atoms with Crippen molar-refractivity contribution in [2.75, 3.05) is 0 Å². The molecule has 0 heterocycles. The Kier molecular flexibility index (Phi) is 7.27. The van der Waals surface area contributed by atoms with Gasteiger partial charge in [0.15, 0.2) is 0 Å². The van der Waals surface area contributed by atoms with Crippen LogP contribution in [0.3, 0.4) is 0 Å². The average Bonchev–Trinajstić information content (AvgIpc) is 2.14. The first-order valence-corrected chi connectivity index (χ1v) is 5.77. The molecular formula is C13H25N. The molecule has 2 N–H and O–H groups in total. The monoisotopic (exact) mass is 195 g/mol. The van der Waals surface area contributed by atoms with Gasteiger partial charge in [0.1, 0.15) is 0 Å². The minimum Gasteiger partial charge on any atom is -0.402 e. The molecule has 0 saturated carbocycles. The molecule has 1 atom stereocenters. The van der Waals surface area contributed by atoms with Crippen LogP contribution >= 0.6 is 0 Å². The van der Waals surface area contributed by atoms with E-state index in [1.165, 1.54) is 12.8 Å². The number of hydrogen-bond donors (Lipinski definition) is 1. The molecule has 0 bridgehead atoms. The summed E-state index contributed by atoms with van der Waals surface area (Å²) in [5.74, 6) is 0.472. The zero-order valence-electron chi connectivity index (χ0n) is 9.97. The van der Waals surface area contributed by atoms with Crippen LogP contribution in [-0.4, -0.2) is 0 Å². The van der Waals surface area contributed by atoms with Gasteiger partial charge in [-0.25, -0.2) is 0 Å². The summed E-state index contributed by atoms with van der Waals surface area (Å²) in [6, 6.07) is 0. The third-order valence-electron chi connectivity index (χ3n) is 2.59. The smallest absolute Gasteiger partial charge is 0.00421 e. The van der Waals surface area contributed by atoms with Crippen LogP contribution < -0.4 is 5.73 Å². The van der Waals surface area contributed by atoms with Gasteiger partial charge in [-0.1, -0.05) is 45.4 Å². The van der Waals surface area contributed by atoms with Crippen molar-refractivity contribution in [2.45, 2.75) is 52.9 Å². The van der Waals surface area contributed by atoms with Crippen LogP contribution in [-0.2, 0) is 0 Å². The molecule has 0 radical (unpaired) electrons. The lowest BCUT2D eigenvalue weighted by Crippen LogP contribution is -2.10. The first kappa shape index (κ1) is 13.3. The summed E-state index contributed by atoms with van der Waals surface area (Å²) >= 11 is 0. The number of rotatable bonds is 7. The lowest BCUT2D eigenvalue weighted by Gasteiger charge is -2.16. The van der Waals surface area contributed by atoms with Crippen molar-refractivity contribution >= 4 is 0 Å². The Morgan fingerprint density at radius 2 is 2.00 bits per heavy atom. The maximum atomic E-state index is 5.77. The Morgan fingerprint density at radius 1 is 1.36 bits per heavy atom. The van der Waals surface area contributed by atoms with Crippen molar-refractivity contribution in [2.24, 2.45) is 11.7 Å². The van der Waals surface area contributed by atoms with E-state index in [9.17, 15) is 0 Å². The first-order chi connectivity index (χ1) is 6.65. The molecule has 0 aliphatic rings. The molecule has 0 aromatic rings. The molecule has 1 nitrogen and oxygen atoms in total. The summed E-state index contributed by atoms with van der Waals surface area (Å²) < 4.78 is 0. The summed E-state index contributed by atoms with van der Waals surface area (Å²) in [5.41, 5.74) is 8.15. The molecule has 0 amide bonds. The van der Waals surface area contributed by atoms with Gasteiger partial charge >= 0.3 is 0 Å². The molecular weight excluding hydrogens is 170 g/mol. The summed E-state index contributed by atoms with van der Waals surface area (Å²) in [6.45, 7) is 10.4. The molecule has 14 heavy (non-hydrogen) atoms. The lowest BCUT2D eigenvalue weighted by molar-refractivity contribution is 0.567. The van der Waals surface area contributed by atoms with Crippen molar-refractivity contribution < 1.29 is 0 Å². The van der Waals surface area contributed by atoms with Crippen molar-refractivity contribution in [3.63, 3.8) is 0 Å². The summed E-state index contributed by atoms with van der Waals surface area (Å²) in [6.07, 6.45) is 8.10. The highest BCUT2D eigenvalue weighted by atomic mass is 14.6. The second-order valence-corrected chi connectivity index (χ2v) is 3.90. The van der Waals surface area contributed by atoms with E-state index >= 15 is 0 Å². The number of allylic oxidation sites excluding steroid dienone is 3. The highest BCUT2D eigenvalue weighted by Crippen LogP contribution is 2.22. The van der Waals surface area contributed by atoms with E-state index in [0.717, 1.165) is 25.0 Å². The number of nitrogens with two attached hydrogens (primary N) is 1. The van der Waals surface area contributed by atoms with Crippen LogP contribution in [0.5, 0.6) is 0 Å². The zero-order chi connectivity index (χ0) is 11.0. The number of hydrogen-bond acceptors (Lipinski definition) is 1. The Bertz CT molecular complexity index is 191. The SMILES string of the molecule is C=C(N)C(CC)C/C(=C/CC)CCC. The van der Waals surface area contributed by atoms with Crippen LogP contribution in [0.25, 0.3) is 0 Å². The standard InChI is InChI=1S/C13H25N/c1-5-8-12(9-6-2)10-13(7-3)11(4)14/h8,13H,4-7,9-10,14H2,1-3H3/b12-8+. The van der Waals surface area contributed by atoms with Crippen molar-refractivity contribution in [1.29, 1.82) is 0 Å². The lowest BCUT2D eigenvalue weighted by atomic mass is 9.92. The van der Waals surface area contributed by atoms with Gasteiger partial charge in [-0.05, 0) is 25.7 Å². The maximum Gasteiger partial charge on any atom is 0.00421 e. The van der Waals surface area contributed by atoms with E-state index in [2.05, 4.69) is 33.4 Å². The Labute approximate surface area is 89.1 Å². The van der Waals surface area contributed by atoms with E-state index in [0.29, 0.717) is 5.92 Å². The predicted molar refractivity (Wildman–Crippen MR) is 65.0 cm³/mol. The van der Waals surface area contributed by atoms with Crippen molar-refractivity contribution in [1.82, 2.24) is 0 Å². The normalized spacial score (nSPS) is 14.1. The fraction of sp³-hybridized carbons (Fsp3) is 0.692. The van der Waals surface area contributed by atoms with Gasteiger partial charge in [-0.15, -0.1) is 0 Å². The third kappa shape index (κ3) is 5.11. The topological polar surface area (TPSA) is 26.0 Å². The first-order valence-electron chi connectivity index (χ1n) is 5.77. The van der Waals surface area contributed by atoms with Crippen LogP contribution in [0.4, 0.5) is 0 Å². The largest absolute Gasteiger partial charge is 0.402 e. The molecule has 0 saturated heterocycles. The molecule has 82 valence electrons. The van der Waals surface area contributed by atoms with E-state index in [4.69, 9.17) is 5.73 Å². The minimum atomic E-state index is 0.472. The Balaban J connectivity index is 4.25. The van der Waals surface area contributed by atoms with Gasteiger partial charge in [0.05, 0.1) is 0 Å². The summed E-state index contributed by atoms with van der Waals surface area (Å²) in [7, 11) is 0. The second-order valence-electron chi connectivity index (χ2n) is 3.90. The quantitative estimate of drug-likeness (QED) is 0.610. The summed E-state index contributed by atoms with van der Waals surface area (Å²) in [5, 5.41) is 0. The molecule has 0 aromatic carbocycles. The predicted octanol–water partition coefficient (Wildman–Crippen LogP) is 4.01. The van der Waals surface area contributed by atoms with Crippen LogP contribution in [0.1, 0.15) is 52.9 Å². The maximum absolute atomic E-state index is 5.77. The molecule has 0 spiro atoms. The van der Waals surface area contributed by atoms with E-state index in [-0.39, 0.29) is 0 Å². The van der Waals surface area contributed by atoms with Crippen molar-refractivity contribution in [3.8, 4) is 0 Å². The molecule has 0 aliphatic heterocycles. The van der Waals surface area contributed by atoms with Gasteiger partial charge < -0.3 is 5.73 Å². The average molecular weight is 195 g/mol. The highest BCUT2D eigenvalue weighted by Gasteiger charge is 2.09. The van der Waals surface area contributed by atoms with Gasteiger partial charge in [0.25, 0.3) is 0 Å². The Hall–Kier alpha value is -0.720. The third-order valence-corrected chi connectivity index (χ3v) is 2.59. The fourth-order valence-corrected chi connectivity index (χ4v) is 1.75. The van der Waals surface area contributed by atoms with E-state index in [1.54, 1.807) is 5.57 Å². The van der Waals surface area contributed by atoms with Crippen LogP contribution in [0.2, 0.25) is 0 Å². The zero-order valence-corrected chi connectivity index (χ0v) is 9.97. The van der Waals surface area contributed by atoms with E-state index in [1.807, 2.05) is 0 Å². The summed E-state index contributed by atoms with van der Waals surface area (Å²) in [4.78, 5) is 0. The highest BCUT2D eigenvalue weighted by molar-refractivity contribution is 5.08. The molecule has 0 rings (SSSR count). The molecule has 0 aromatic heterocycles. The molecule has 0 fully saturated rings. The van der Waals surface area contributed by atoms with Gasteiger partial charge in [-0.2, -0.15) is 0 Å². The fourth-order valence-electron chi connectivity index (χ4n) is 1.75. The molecule has 1 unspecified atom stereocenters. The Morgan fingerprint density at radius 3 is 2.36 bits per heavy atom. The molecule has 0 aliphatic carbocycles. The van der Waals surface area contributed by atoms with Crippen LogP contribution in [0, 0.1) is 5.92 Å². The molecule has 1 heteroatoms. The minimum absolute atomic E-state index is 0.472. The van der Waals surface area contributed by atoms with Crippen LogP contribution in [0.15, 0.2) is 23.9 Å². The van der Waals surface area contributed by atoms with Gasteiger partial charge in [0, 0.05) is 11.6 Å². The van der Waals surface area contributed by atoms with Crippen molar-refractivity contribution in [3.05, 3.63) is 23.9 Å². The van der Waals surface area contributed by atoms with Gasteiger partial charge in [-0.3, -0.25) is 0 Å². The van der Waals surface area contributed by atoms with Gasteiger partial charge in [0.2, 0.25) is 0 Å². The second kappa shape index (κ2) is 7.66. The van der Waals surface area contributed by atoms with E-state index < -0.39 is 0 Å².